The number of morpholine rings is 1. The highest BCUT2D eigenvalue weighted by Crippen LogP contribution is 2.26. The molecular weight excluding hydrogens is 402 g/mol. The van der Waals surface area contributed by atoms with E-state index < -0.39 is 21.4 Å². The van der Waals surface area contributed by atoms with E-state index in [9.17, 15) is 13.0 Å². The minimum Gasteiger partial charge on any atom is -0.373 e. The maximum absolute atomic E-state index is 13.8. The van der Waals surface area contributed by atoms with Gasteiger partial charge in [0, 0.05) is 52.7 Å². The Labute approximate surface area is 166 Å². The van der Waals surface area contributed by atoms with Gasteiger partial charge in [0.2, 0.25) is 5.95 Å². The van der Waals surface area contributed by atoms with Crippen molar-refractivity contribution >= 4 is 32.4 Å². The lowest BCUT2D eigenvalue weighted by molar-refractivity contribution is 0.143. The lowest BCUT2D eigenvalue weighted by Crippen LogP contribution is -2.34. The molecule has 4 rings (SSSR count). The van der Waals surface area contributed by atoms with E-state index in [1.165, 1.54) is 23.4 Å². The van der Waals surface area contributed by atoms with Crippen LogP contribution >= 0.6 is 0 Å². The van der Waals surface area contributed by atoms with Crippen LogP contribution in [-0.4, -0.2) is 56.0 Å². The molecule has 1 saturated heterocycles. The van der Waals surface area contributed by atoms with Gasteiger partial charge in [-0.2, -0.15) is 14.3 Å². The second-order valence-corrected chi connectivity index (χ2v) is 9.34. The Kier molecular flexibility index (Phi) is 4.79. The van der Waals surface area contributed by atoms with E-state index in [4.69, 9.17) is 4.74 Å². The zero-order valence-electron chi connectivity index (χ0n) is 15.8. The highest BCUT2D eigenvalue weighted by Gasteiger charge is 2.20. The third kappa shape index (κ3) is 3.96. The fourth-order valence-corrected chi connectivity index (χ4v) is 3.49. The van der Waals surface area contributed by atoms with Crippen molar-refractivity contribution in [1.29, 1.82) is 0 Å². The molecule has 0 spiro atoms. The Morgan fingerprint density at radius 1 is 1.21 bits per heavy atom. The minimum absolute atomic E-state index is 0.137. The van der Waals surface area contributed by atoms with Crippen molar-refractivity contribution in [3.8, 4) is 5.95 Å². The highest BCUT2D eigenvalue weighted by atomic mass is 32.2. The number of hydrogen-bond acceptors (Lipinski definition) is 7. The van der Waals surface area contributed by atoms with Crippen LogP contribution in [0.3, 0.4) is 0 Å². The molecule has 0 atom stereocenters. The Morgan fingerprint density at radius 2 is 1.97 bits per heavy atom. The molecule has 29 heavy (non-hydrogen) atoms. The van der Waals surface area contributed by atoms with Gasteiger partial charge in [0.15, 0.2) is 17.5 Å². The first-order valence-electron chi connectivity index (χ1n) is 8.63. The molecule has 0 N–H and O–H groups in total. The minimum atomic E-state index is -2.49. The molecule has 0 aliphatic carbocycles. The van der Waals surface area contributed by atoms with Crippen LogP contribution < -0.4 is 4.90 Å². The molecule has 1 aliphatic heterocycles. The topological polar surface area (TPSA) is 85.5 Å². The molecule has 0 radical (unpaired) electrons. The third-order valence-corrected chi connectivity index (χ3v) is 4.82. The van der Waals surface area contributed by atoms with E-state index in [-0.39, 0.29) is 17.3 Å². The molecule has 8 nitrogen and oxygen atoms in total. The van der Waals surface area contributed by atoms with Crippen molar-refractivity contribution < 1.29 is 17.7 Å². The molecule has 0 amide bonds. The van der Waals surface area contributed by atoms with Crippen molar-refractivity contribution in [2.45, 2.75) is 0 Å². The van der Waals surface area contributed by atoms with Gasteiger partial charge in [-0.3, -0.25) is 4.57 Å². The molecule has 3 aromatic rings. The van der Waals surface area contributed by atoms with Crippen LogP contribution in [-0.2, 0) is 14.5 Å². The van der Waals surface area contributed by atoms with E-state index >= 15 is 0 Å². The van der Waals surface area contributed by atoms with Crippen LogP contribution in [0.2, 0.25) is 0 Å². The number of hydrogen-bond donors (Lipinski definition) is 0. The van der Waals surface area contributed by atoms with Gasteiger partial charge in [0.25, 0.3) is 0 Å². The number of nitrogens with zero attached hydrogens (tertiary/aromatic N) is 6. The number of rotatable bonds is 3. The van der Waals surface area contributed by atoms with E-state index in [0.717, 1.165) is 12.1 Å². The Morgan fingerprint density at radius 3 is 2.69 bits per heavy atom. The van der Waals surface area contributed by atoms with Gasteiger partial charge in [-0.15, -0.1) is 0 Å². The average molecular weight is 420 g/mol. The monoisotopic (exact) mass is 420 g/mol. The molecule has 3 heterocycles. The summed E-state index contributed by atoms with van der Waals surface area (Å²) in [5.74, 6) is -1.18. The van der Waals surface area contributed by atoms with Crippen LogP contribution in [0.5, 0.6) is 0 Å². The van der Waals surface area contributed by atoms with E-state index in [2.05, 4.69) is 25.9 Å². The summed E-state index contributed by atoms with van der Waals surface area (Å²) >= 11 is 0. The molecular formula is C18H18F2N6O2S. The van der Waals surface area contributed by atoms with E-state index in [0.29, 0.717) is 36.8 Å². The fraction of sp³-hybridized carbons (Fsp3) is 0.278. The Bertz CT molecular complexity index is 1240. The normalized spacial score (nSPS) is 15.2. The quantitative estimate of drug-likeness (QED) is 0.648. The zero-order chi connectivity index (χ0) is 20.8. The van der Waals surface area contributed by atoms with Gasteiger partial charge in [-0.1, -0.05) is 6.58 Å². The van der Waals surface area contributed by atoms with Crippen LogP contribution in [0.1, 0.15) is 0 Å². The molecule has 1 aliphatic rings. The number of benzene rings is 1. The predicted molar refractivity (Wildman–Crippen MR) is 106 cm³/mol. The number of ether oxygens (including phenoxy) is 1. The van der Waals surface area contributed by atoms with Crippen LogP contribution in [0.25, 0.3) is 17.0 Å². The van der Waals surface area contributed by atoms with Gasteiger partial charge in [-0.05, 0) is 0 Å². The second kappa shape index (κ2) is 7.16. The maximum atomic E-state index is 13.8. The van der Waals surface area contributed by atoms with E-state index in [1.54, 1.807) is 6.07 Å². The molecule has 2 aromatic heterocycles. The van der Waals surface area contributed by atoms with Crippen molar-refractivity contribution in [3.05, 3.63) is 48.4 Å². The second-order valence-electron chi connectivity index (χ2n) is 6.80. The summed E-state index contributed by atoms with van der Waals surface area (Å²) in [5, 5.41) is 0. The predicted octanol–water partition coefficient (Wildman–Crippen LogP) is 2.80. The summed E-state index contributed by atoms with van der Waals surface area (Å²) < 4.78 is 50.5. The molecule has 0 saturated carbocycles. The van der Waals surface area contributed by atoms with Crippen molar-refractivity contribution in [1.82, 2.24) is 19.5 Å². The van der Waals surface area contributed by atoms with Crippen molar-refractivity contribution in [2.75, 3.05) is 37.2 Å². The molecule has 11 heteroatoms. The molecule has 1 aromatic carbocycles. The number of imidazole rings is 1. The molecule has 1 fully saturated rings. The summed E-state index contributed by atoms with van der Waals surface area (Å²) in [5.41, 5.74) is 1.24. The number of anilines is 1. The first-order valence-corrected chi connectivity index (χ1v) is 11.0. The summed E-state index contributed by atoms with van der Waals surface area (Å²) in [4.78, 5) is 14.8. The van der Waals surface area contributed by atoms with Gasteiger partial charge < -0.3 is 9.64 Å². The number of aromatic nitrogens is 4. The highest BCUT2D eigenvalue weighted by molar-refractivity contribution is 7.92. The molecule has 152 valence electrons. The summed E-state index contributed by atoms with van der Waals surface area (Å²) in [6.07, 6.45) is 4.36. The Hall–Kier alpha value is -2.92. The van der Waals surface area contributed by atoms with Gasteiger partial charge >= 0.3 is 0 Å². The summed E-state index contributed by atoms with van der Waals surface area (Å²) in [7, 11) is -2.49. The van der Waals surface area contributed by atoms with Crippen LogP contribution in [0.4, 0.5) is 20.4 Å². The SMILES string of the molecule is C=C1COCCN1c1cc(N=S(C)(C)=O)nc(-n2cnc3cc(F)c(F)cc32)n1. The fourth-order valence-electron chi connectivity index (χ4n) is 2.95. The Balaban J connectivity index is 1.92. The standard InChI is InChI=1S/C18H18F2N6O2S/c1-11-9-28-5-4-25(11)17-8-16(24-29(2,3)27)22-18(23-17)26-10-21-14-6-12(19)13(20)7-15(14)26/h6-8,10H,1,4-5,9H2,2-3H3. The van der Waals surface area contributed by atoms with Gasteiger partial charge in [0.05, 0.1) is 24.2 Å². The van der Waals surface area contributed by atoms with Crippen LogP contribution in [0.15, 0.2) is 41.2 Å². The largest absolute Gasteiger partial charge is 0.373 e. The first kappa shape index (κ1) is 19.4. The van der Waals surface area contributed by atoms with Crippen LogP contribution in [0, 0.1) is 11.6 Å². The van der Waals surface area contributed by atoms with Gasteiger partial charge in [-0.25, -0.2) is 18.0 Å². The summed E-state index contributed by atoms with van der Waals surface area (Å²) in [6.45, 7) is 5.34. The van der Waals surface area contributed by atoms with E-state index in [1.807, 2.05) is 4.90 Å². The first-order chi connectivity index (χ1) is 13.7. The smallest absolute Gasteiger partial charge is 0.239 e. The lowest BCUT2D eigenvalue weighted by Gasteiger charge is -2.30. The van der Waals surface area contributed by atoms with Crippen molar-refractivity contribution in [2.24, 2.45) is 4.36 Å². The molecule has 0 unspecified atom stereocenters. The maximum Gasteiger partial charge on any atom is 0.239 e. The van der Waals surface area contributed by atoms with Gasteiger partial charge in [0.1, 0.15) is 12.1 Å². The average Bonchev–Trinajstić information content (AvgIpc) is 3.03. The molecule has 0 bridgehead atoms. The van der Waals surface area contributed by atoms with Crippen molar-refractivity contribution in [3.63, 3.8) is 0 Å². The zero-order valence-corrected chi connectivity index (χ0v) is 16.6. The lowest BCUT2D eigenvalue weighted by atomic mass is 10.3. The number of halogens is 2. The third-order valence-electron chi connectivity index (χ3n) is 4.19. The summed E-state index contributed by atoms with van der Waals surface area (Å²) in [6, 6.07) is 3.64. The number of fused-ring (bicyclic) bond motifs is 1.